The van der Waals surface area contributed by atoms with E-state index in [9.17, 15) is 4.79 Å². The van der Waals surface area contributed by atoms with E-state index < -0.39 is 0 Å². The average Bonchev–Trinajstić information content (AvgIpc) is 2.66. The van der Waals surface area contributed by atoms with Gasteiger partial charge in [-0.3, -0.25) is 0 Å². The molecule has 0 unspecified atom stereocenters. The van der Waals surface area contributed by atoms with Gasteiger partial charge < -0.3 is 9.64 Å². The number of aromatic nitrogens is 2. The van der Waals surface area contributed by atoms with E-state index in [-0.39, 0.29) is 5.97 Å². The fraction of sp³-hybridized carbons (Fsp3) is 0.462. The quantitative estimate of drug-likeness (QED) is 0.806. The molecule has 0 amide bonds. The van der Waals surface area contributed by atoms with Gasteiger partial charge in [-0.15, -0.1) is 11.3 Å². The first-order chi connectivity index (χ1) is 9.22. The number of anilines is 1. The lowest BCUT2D eigenvalue weighted by Gasteiger charge is -2.32. The minimum Gasteiger partial charge on any atom is -0.462 e. The van der Waals surface area contributed by atoms with Crippen LogP contribution in [0.1, 0.15) is 28.6 Å². The third-order valence-corrected chi connectivity index (χ3v) is 4.50. The molecule has 2 aromatic heterocycles. The summed E-state index contributed by atoms with van der Waals surface area (Å²) in [5.74, 6) is 0.679. The van der Waals surface area contributed by atoms with Gasteiger partial charge in [0, 0.05) is 13.1 Å². The molecule has 5 nitrogen and oxygen atoms in total. The van der Waals surface area contributed by atoms with Crippen molar-refractivity contribution in [3.63, 3.8) is 0 Å². The molecule has 0 spiro atoms. The molecule has 0 saturated carbocycles. The van der Waals surface area contributed by atoms with Crippen LogP contribution in [0.3, 0.4) is 0 Å². The first kappa shape index (κ1) is 12.3. The highest BCUT2D eigenvalue weighted by molar-refractivity contribution is 7.20. The fourth-order valence-corrected chi connectivity index (χ4v) is 3.25. The predicted octanol–water partition coefficient (Wildman–Crippen LogP) is 2.39. The van der Waals surface area contributed by atoms with Gasteiger partial charge in [-0.2, -0.15) is 0 Å². The number of aryl methyl sites for hydroxylation is 1. The second kappa shape index (κ2) is 4.77. The Morgan fingerprint density at radius 2 is 2.26 bits per heavy atom. The third-order valence-electron chi connectivity index (χ3n) is 3.32. The summed E-state index contributed by atoms with van der Waals surface area (Å²) in [7, 11) is 0. The molecule has 0 aromatic carbocycles. The maximum Gasteiger partial charge on any atom is 0.348 e. The number of nitrogens with zero attached hydrogens (tertiary/aromatic N) is 3. The van der Waals surface area contributed by atoms with Gasteiger partial charge in [0.2, 0.25) is 0 Å². The predicted molar refractivity (Wildman–Crippen MR) is 74.9 cm³/mol. The van der Waals surface area contributed by atoms with Gasteiger partial charge in [-0.25, -0.2) is 14.8 Å². The Morgan fingerprint density at radius 1 is 1.47 bits per heavy atom. The van der Waals surface area contributed by atoms with Crippen molar-refractivity contribution < 1.29 is 9.53 Å². The van der Waals surface area contributed by atoms with E-state index in [2.05, 4.69) is 14.9 Å². The summed E-state index contributed by atoms with van der Waals surface area (Å²) >= 11 is 1.39. The smallest absolute Gasteiger partial charge is 0.348 e. The van der Waals surface area contributed by atoms with Crippen LogP contribution in [-0.4, -0.2) is 35.6 Å². The van der Waals surface area contributed by atoms with Crippen LogP contribution in [0.5, 0.6) is 0 Å². The van der Waals surface area contributed by atoms with Crippen LogP contribution < -0.4 is 4.90 Å². The number of hydrogen-bond acceptors (Lipinski definition) is 6. The number of fused-ring (bicyclic) bond motifs is 1. The van der Waals surface area contributed by atoms with Gasteiger partial charge in [0.1, 0.15) is 21.9 Å². The SMILES string of the molecule is CCOC(=O)c1sc2ncnc(N3CCC3)c2c1C. The lowest BCUT2D eigenvalue weighted by Crippen LogP contribution is -2.37. The van der Waals surface area contributed by atoms with Crippen LogP contribution in [0.15, 0.2) is 6.33 Å². The van der Waals surface area contributed by atoms with Gasteiger partial charge in [-0.05, 0) is 25.8 Å². The molecule has 1 fully saturated rings. The second-order valence-electron chi connectivity index (χ2n) is 4.49. The second-order valence-corrected chi connectivity index (χ2v) is 5.49. The van der Waals surface area contributed by atoms with Crippen LogP contribution >= 0.6 is 11.3 Å². The Hall–Kier alpha value is -1.69. The van der Waals surface area contributed by atoms with Crippen molar-refractivity contribution in [2.75, 3.05) is 24.6 Å². The van der Waals surface area contributed by atoms with E-state index >= 15 is 0 Å². The Kier molecular flexibility index (Phi) is 3.10. The first-order valence-electron chi connectivity index (χ1n) is 6.38. The highest BCUT2D eigenvalue weighted by Crippen LogP contribution is 2.36. The largest absolute Gasteiger partial charge is 0.462 e. The van der Waals surface area contributed by atoms with Crippen molar-refractivity contribution in [1.29, 1.82) is 0 Å². The topological polar surface area (TPSA) is 55.3 Å². The molecule has 0 radical (unpaired) electrons. The molecular formula is C13H15N3O2S. The maximum absolute atomic E-state index is 11.9. The van der Waals surface area contributed by atoms with Gasteiger partial charge in [0.05, 0.1) is 12.0 Å². The highest BCUT2D eigenvalue weighted by atomic mass is 32.1. The van der Waals surface area contributed by atoms with E-state index in [0.717, 1.165) is 34.7 Å². The highest BCUT2D eigenvalue weighted by Gasteiger charge is 2.24. The molecule has 2 aromatic rings. The van der Waals surface area contributed by atoms with E-state index in [1.54, 1.807) is 6.33 Å². The first-order valence-corrected chi connectivity index (χ1v) is 7.20. The molecule has 6 heteroatoms. The minimum atomic E-state index is -0.266. The van der Waals surface area contributed by atoms with Crippen LogP contribution in [-0.2, 0) is 4.74 Å². The molecule has 0 bridgehead atoms. The zero-order chi connectivity index (χ0) is 13.4. The third kappa shape index (κ3) is 1.96. The molecule has 1 aliphatic heterocycles. The molecule has 3 heterocycles. The summed E-state index contributed by atoms with van der Waals surface area (Å²) in [6.45, 7) is 6.19. The molecule has 1 saturated heterocycles. The van der Waals surface area contributed by atoms with Crippen molar-refractivity contribution in [1.82, 2.24) is 9.97 Å². The van der Waals surface area contributed by atoms with Crippen LogP contribution in [0.25, 0.3) is 10.2 Å². The Bertz CT molecular complexity index is 634. The molecule has 0 N–H and O–H groups in total. The Morgan fingerprint density at radius 3 is 2.89 bits per heavy atom. The number of rotatable bonds is 3. The number of ether oxygens (including phenoxy) is 1. The summed E-state index contributed by atoms with van der Waals surface area (Å²) in [5.41, 5.74) is 0.931. The molecular weight excluding hydrogens is 262 g/mol. The Labute approximate surface area is 115 Å². The van der Waals surface area contributed by atoms with Gasteiger partial charge in [0.15, 0.2) is 0 Å². The zero-order valence-electron chi connectivity index (χ0n) is 11.0. The summed E-state index contributed by atoms with van der Waals surface area (Å²) in [5, 5.41) is 0.996. The number of esters is 1. The molecule has 3 rings (SSSR count). The summed E-state index contributed by atoms with van der Waals surface area (Å²) < 4.78 is 5.09. The average molecular weight is 277 g/mol. The number of carbonyl (C=O) groups excluding carboxylic acids is 1. The lowest BCUT2D eigenvalue weighted by atomic mass is 10.1. The monoisotopic (exact) mass is 277 g/mol. The van der Waals surface area contributed by atoms with Crippen molar-refractivity contribution in [3.8, 4) is 0 Å². The normalized spacial score (nSPS) is 14.5. The lowest BCUT2D eigenvalue weighted by molar-refractivity contribution is 0.0531. The van der Waals surface area contributed by atoms with Gasteiger partial charge >= 0.3 is 5.97 Å². The van der Waals surface area contributed by atoms with Gasteiger partial charge in [0.25, 0.3) is 0 Å². The van der Waals surface area contributed by atoms with Crippen molar-refractivity contribution >= 4 is 33.3 Å². The zero-order valence-corrected chi connectivity index (χ0v) is 11.8. The van der Waals surface area contributed by atoms with Crippen LogP contribution in [0.4, 0.5) is 5.82 Å². The molecule has 100 valence electrons. The molecule has 1 aliphatic rings. The molecule has 0 atom stereocenters. The summed E-state index contributed by atoms with van der Waals surface area (Å²) in [6, 6.07) is 0. The number of hydrogen-bond donors (Lipinski definition) is 0. The van der Waals surface area contributed by atoms with E-state index in [1.165, 1.54) is 17.8 Å². The van der Waals surface area contributed by atoms with Crippen molar-refractivity contribution in [2.24, 2.45) is 0 Å². The van der Waals surface area contributed by atoms with Crippen LogP contribution in [0, 0.1) is 6.92 Å². The molecule has 0 aliphatic carbocycles. The summed E-state index contributed by atoms with van der Waals surface area (Å²) in [4.78, 5) is 24.3. The van der Waals surface area contributed by atoms with E-state index in [0.29, 0.717) is 11.5 Å². The number of carbonyl (C=O) groups is 1. The van der Waals surface area contributed by atoms with Crippen LogP contribution in [0.2, 0.25) is 0 Å². The van der Waals surface area contributed by atoms with E-state index in [4.69, 9.17) is 4.74 Å². The van der Waals surface area contributed by atoms with Crippen molar-refractivity contribution in [3.05, 3.63) is 16.8 Å². The maximum atomic E-state index is 11.9. The minimum absolute atomic E-state index is 0.266. The van der Waals surface area contributed by atoms with Crippen molar-refractivity contribution in [2.45, 2.75) is 20.3 Å². The van der Waals surface area contributed by atoms with E-state index in [1.807, 2.05) is 13.8 Å². The standard InChI is InChI=1S/C13H15N3O2S/c1-3-18-13(17)10-8(2)9-11(16-5-4-6-16)14-7-15-12(9)19-10/h7H,3-6H2,1-2H3. The van der Waals surface area contributed by atoms with Gasteiger partial charge in [-0.1, -0.05) is 0 Å². The Balaban J connectivity index is 2.12. The fourth-order valence-electron chi connectivity index (χ4n) is 2.21. The summed E-state index contributed by atoms with van der Waals surface area (Å²) in [6.07, 6.45) is 2.76. The molecule has 19 heavy (non-hydrogen) atoms. The number of thiophene rings is 1.